The molecule has 0 amide bonds. The zero-order valence-electron chi connectivity index (χ0n) is 8.67. The van der Waals surface area contributed by atoms with Crippen molar-refractivity contribution in [2.24, 2.45) is 4.99 Å². The van der Waals surface area contributed by atoms with Crippen LogP contribution in [0.25, 0.3) is 0 Å². The Morgan fingerprint density at radius 1 is 1.31 bits per heavy atom. The lowest BCUT2D eigenvalue weighted by Gasteiger charge is -2.03. The standard InChI is InChI=1S/C12H17N/c1-4-7-13-9-12-8-10(2)5-6-11(12)3/h5-8H,4,9H2,1-3H3. The van der Waals surface area contributed by atoms with E-state index in [9.17, 15) is 0 Å². The van der Waals surface area contributed by atoms with Gasteiger partial charge in [-0.05, 0) is 37.6 Å². The number of benzene rings is 1. The Balaban J connectivity index is 2.75. The highest BCUT2D eigenvalue weighted by Gasteiger charge is 1.95. The molecule has 0 saturated heterocycles. The highest BCUT2D eigenvalue weighted by molar-refractivity contribution is 5.56. The Morgan fingerprint density at radius 2 is 2.08 bits per heavy atom. The number of aryl methyl sites for hydroxylation is 2. The molecule has 1 aromatic carbocycles. The van der Waals surface area contributed by atoms with Crippen LogP contribution < -0.4 is 0 Å². The predicted octanol–water partition coefficient (Wildman–Crippen LogP) is 3.28. The summed E-state index contributed by atoms with van der Waals surface area (Å²) in [4.78, 5) is 4.34. The average Bonchev–Trinajstić information content (AvgIpc) is 2.11. The van der Waals surface area contributed by atoms with Gasteiger partial charge in [0.25, 0.3) is 0 Å². The molecule has 0 aliphatic carbocycles. The minimum atomic E-state index is 0.821. The fourth-order valence-electron chi connectivity index (χ4n) is 1.26. The Kier molecular flexibility index (Phi) is 3.69. The molecule has 0 fully saturated rings. The fourth-order valence-corrected chi connectivity index (χ4v) is 1.26. The van der Waals surface area contributed by atoms with Crippen molar-refractivity contribution in [2.75, 3.05) is 0 Å². The summed E-state index contributed by atoms with van der Waals surface area (Å²) in [5.74, 6) is 0. The molecular weight excluding hydrogens is 158 g/mol. The van der Waals surface area contributed by atoms with E-state index < -0.39 is 0 Å². The highest BCUT2D eigenvalue weighted by atomic mass is 14.7. The first kappa shape index (κ1) is 9.97. The Labute approximate surface area is 80.5 Å². The number of nitrogens with zero attached hydrogens (tertiary/aromatic N) is 1. The predicted molar refractivity (Wildman–Crippen MR) is 58.4 cm³/mol. The van der Waals surface area contributed by atoms with Gasteiger partial charge < -0.3 is 0 Å². The maximum Gasteiger partial charge on any atom is 0.0638 e. The summed E-state index contributed by atoms with van der Waals surface area (Å²) in [5, 5.41) is 0. The van der Waals surface area contributed by atoms with Gasteiger partial charge in [-0.1, -0.05) is 30.7 Å². The van der Waals surface area contributed by atoms with Crippen LogP contribution >= 0.6 is 0 Å². The summed E-state index contributed by atoms with van der Waals surface area (Å²) >= 11 is 0. The smallest absolute Gasteiger partial charge is 0.0638 e. The molecule has 1 nitrogen and oxygen atoms in total. The van der Waals surface area contributed by atoms with Gasteiger partial charge in [0.2, 0.25) is 0 Å². The first-order chi connectivity index (χ1) is 6.24. The van der Waals surface area contributed by atoms with Crippen molar-refractivity contribution in [1.29, 1.82) is 0 Å². The summed E-state index contributed by atoms with van der Waals surface area (Å²) in [6, 6.07) is 6.51. The van der Waals surface area contributed by atoms with Crippen molar-refractivity contribution in [3.8, 4) is 0 Å². The van der Waals surface area contributed by atoms with E-state index in [0.717, 1.165) is 13.0 Å². The van der Waals surface area contributed by atoms with E-state index in [2.05, 4.69) is 44.0 Å². The molecule has 0 heterocycles. The fraction of sp³-hybridized carbons (Fsp3) is 0.417. The summed E-state index contributed by atoms with van der Waals surface area (Å²) < 4.78 is 0. The molecule has 70 valence electrons. The highest BCUT2D eigenvalue weighted by Crippen LogP contribution is 2.11. The monoisotopic (exact) mass is 175 g/mol. The van der Waals surface area contributed by atoms with Crippen LogP contribution in [-0.4, -0.2) is 6.21 Å². The Morgan fingerprint density at radius 3 is 2.77 bits per heavy atom. The van der Waals surface area contributed by atoms with Gasteiger partial charge in [0.1, 0.15) is 0 Å². The maximum absolute atomic E-state index is 4.34. The van der Waals surface area contributed by atoms with Crippen LogP contribution in [0.2, 0.25) is 0 Å². The third-order valence-corrected chi connectivity index (χ3v) is 2.08. The van der Waals surface area contributed by atoms with Gasteiger partial charge in [-0.2, -0.15) is 0 Å². The summed E-state index contributed by atoms with van der Waals surface area (Å²) in [6.07, 6.45) is 2.99. The van der Waals surface area contributed by atoms with Crippen molar-refractivity contribution >= 4 is 6.21 Å². The Bertz CT molecular complexity index is 300. The quantitative estimate of drug-likeness (QED) is 0.625. The molecule has 0 unspecified atom stereocenters. The van der Waals surface area contributed by atoms with Crippen molar-refractivity contribution in [3.63, 3.8) is 0 Å². The SMILES string of the molecule is CCC=NCc1cc(C)ccc1C. The van der Waals surface area contributed by atoms with Gasteiger partial charge in [-0.25, -0.2) is 0 Å². The third-order valence-electron chi connectivity index (χ3n) is 2.08. The molecule has 0 radical (unpaired) electrons. The molecule has 0 bridgehead atoms. The van der Waals surface area contributed by atoms with Crippen LogP contribution in [-0.2, 0) is 6.54 Å². The summed E-state index contributed by atoms with van der Waals surface area (Å²) in [6.45, 7) is 7.18. The second-order valence-electron chi connectivity index (χ2n) is 3.36. The first-order valence-electron chi connectivity index (χ1n) is 4.78. The molecule has 1 aromatic rings. The molecule has 1 heteroatoms. The van der Waals surface area contributed by atoms with Crippen LogP contribution in [0, 0.1) is 13.8 Å². The van der Waals surface area contributed by atoms with Crippen LogP contribution in [0.15, 0.2) is 23.2 Å². The molecule has 0 aliphatic heterocycles. The molecule has 0 aliphatic rings. The molecule has 1 rings (SSSR count). The lowest BCUT2D eigenvalue weighted by atomic mass is 10.1. The first-order valence-corrected chi connectivity index (χ1v) is 4.78. The van der Waals surface area contributed by atoms with E-state index in [4.69, 9.17) is 0 Å². The van der Waals surface area contributed by atoms with E-state index in [0.29, 0.717) is 0 Å². The topological polar surface area (TPSA) is 12.4 Å². The molecule has 0 N–H and O–H groups in total. The van der Waals surface area contributed by atoms with E-state index in [1.165, 1.54) is 16.7 Å². The van der Waals surface area contributed by atoms with E-state index in [1.54, 1.807) is 0 Å². The van der Waals surface area contributed by atoms with E-state index in [1.807, 2.05) is 6.21 Å². The number of aliphatic imine (C=N–C) groups is 1. The molecule has 0 aromatic heterocycles. The van der Waals surface area contributed by atoms with Gasteiger partial charge >= 0.3 is 0 Å². The Hall–Kier alpha value is -1.11. The van der Waals surface area contributed by atoms with Gasteiger partial charge in [0.05, 0.1) is 6.54 Å². The van der Waals surface area contributed by atoms with Crippen molar-refractivity contribution in [1.82, 2.24) is 0 Å². The number of rotatable bonds is 3. The minimum Gasteiger partial charge on any atom is -0.293 e. The normalized spacial score (nSPS) is 11.0. The molecule has 0 atom stereocenters. The van der Waals surface area contributed by atoms with Crippen LogP contribution in [0.5, 0.6) is 0 Å². The number of hydrogen-bond donors (Lipinski definition) is 0. The van der Waals surface area contributed by atoms with Crippen molar-refractivity contribution in [3.05, 3.63) is 34.9 Å². The van der Waals surface area contributed by atoms with Crippen molar-refractivity contribution < 1.29 is 0 Å². The van der Waals surface area contributed by atoms with Gasteiger partial charge in [-0.3, -0.25) is 4.99 Å². The second-order valence-corrected chi connectivity index (χ2v) is 3.36. The lowest BCUT2D eigenvalue weighted by molar-refractivity contribution is 1.04. The zero-order chi connectivity index (χ0) is 9.68. The second kappa shape index (κ2) is 4.80. The minimum absolute atomic E-state index is 0.821. The van der Waals surface area contributed by atoms with E-state index in [-0.39, 0.29) is 0 Å². The number of hydrogen-bond acceptors (Lipinski definition) is 1. The van der Waals surface area contributed by atoms with E-state index >= 15 is 0 Å². The largest absolute Gasteiger partial charge is 0.293 e. The zero-order valence-corrected chi connectivity index (χ0v) is 8.67. The van der Waals surface area contributed by atoms with Gasteiger partial charge in [0.15, 0.2) is 0 Å². The molecule has 0 spiro atoms. The lowest BCUT2D eigenvalue weighted by Crippen LogP contribution is -1.88. The van der Waals surface area contributed by atoms with Crippen LogP contribution in [0.1, 0.15) is 30.0 Å². The van der Waals surface area contributed by atoms with Crippen LogP contribution in [0.4, 0.5) is 0 Å². The third kappa shape index (κ3) is 3.02. The van der Waals surface area contributed by atoms with Gasteiger partial charge in [0, 0.05) is 0 Å². The van der Waals surface area contributed by atoms with Crippen LogP contribution in [0.3, 0.4) is 0 Å². The summed E-state index contributed by atoms with van der Waals surface area (Å²) in [7, 11) is 0. The van der Waals surface area contributed by atoms with Gasteiger partial charge in [-0.15, -0.1) is 0 Å². The van der Waals surface area contributed by atoms with Crippen molar-refractivity contribution in [2.45, 2.75) is 33.7 Å². The molecule has 0 saturated carbocycles. The maximum atomic E-state index is 4.34. The molecule has 13 heavy (non-hydrogen) atoms. The molecular formula is C12H17N. The average molecular weight is 175 g/mol. The summed E-state index contributed by atoms with van der Waals surface area (Å²) in [5.41, 5.74) is 3.98.